The molecule has 2 saturated carbocycles. The Kier molecular flexibility index (Phi) is 2.63. The van der Waals surface area contributed by atoms with E-state index in [-0.39, 0.29) is 12.0 Å². The van der Waals surface area contributed by atoms with Gasteiger partial charge in [-0.25, -0.2) is 0 Å². The van der Waals surface area contributed by atoms with Gasteiger partial charge in [0.15, 0.2) is 0 Å². The molecule has 4 atom stereocenters. The summed E-state index contributed by atoms with van der Waals surface area (Å²) in [4.78, 5) is 8.73. The lowest BCUT2D eigenvalue weighted by molar-refractivity contribution is 0.279. The second kappa shape index (κ2) is 4.38. The zero-order valence-electron chi connectivity index (χ0n) is 11.5. The van der Waals surface area contributed by atoms with E-state index in [1.54, 1.807) is 12.4 Å². The maximum absolute atomic E-state index is 6.33. The lowest BCUT2D eigenvalue weighted by atomic mass is 9.85. The fraction of sp³-hybridized carbons (Fsp3) is 0.533. The summed E-state index contributed by atoms with van der Waals surface area (Å²) in [6.07, 6.45) is 7.27. The standard InChI is InChI=1S/C15H18N4O/c1-8-4-5-17-7-11(8)14-18-15(20-19-14)12-9-2-3-10(6-9)13(12)16/h4-5,7,9-10,12-13H,2-3,6,16H2,1H3. The van der Waals surface area contributed by atoms with Gasteiger partial charge in [-0.15, -0.1) is 0 Å². The number of pyridine rings is 1. The maximum Gasteiger partial charge on any atom is 0.231 e. The molecule has 4 unspecified atom stereocenters. The van der Waals surface area contributed by atoms with Crippen molar-refractivity contribution in [3.05, 3.63) is 29.9 Å². The van der Waals surface area contributed by atoms with Gasteiger partial charge in [-0.1, -0.05) is 5.16 Å². The molecule has 2 aromatic rings. The molecule has 5 heteroatoms. The minimum absolute atomic E-state index is 0.178. The third-order valence-electron chi connectivity index (χ3n) is 4.99. The zero-order chi connectivity index (χ0) is 13.7. The predicted molar refractivity (Wildman–Crippen MR) is 73.8 cm³/mol. The highest BCUT2D eigenvalue weighted by Crippen LogP contribution is 2.51. The molecule has 0 saturated heterocycles. The molecule has 0 radical (unpaired) electrons. The van der Waals surface area contributed by atoms with E-state index in [0.29, 0.717) is 23.6 Å². The largest absolute Gasteiger partial charge is 0.339 e. The lowest BCUT2D eigenvalue weighted by Crippen LogP contribution is -2.34. The summed E-state index contributed by atoms with van der Waals surface area (Å²) in [6, 6.07) is 2.13. The normalized spacial score (nSPS) is 31.9. The number of fused-ring (bicyclic) bond motifs is 2. The Morgan fingerprint density at radius 2 is 2.15 bits per heavy atom. The first-order valence-electron chi connectivity index (χ1n) is 7.24. The van der Waals surface area contributed by atoms with Crippen LogP contribution in [0.15, 0.2) is 23.0 Å². The predicted octanol–water partition coefficient (Wildman–Crippen LogP) is 2.28. The first kappa shape index (κ1) is 12.0. The Morgan fingerprint density at radius 1 is 1.30 bits per heavy atom. The number of rotatable bonds is 2. The first-order chi connectivity index (χ1) is 9.74. The number of nitrogens with two attached hydrogens (primary N) is 1. The minimum Gasteiger partial charge on any atom is -0.339 e. The van der Waals surface area contributed by atoms with Crippen LogP contribution < -0.4 is 5.73 Å². The zero-order valence-corrected chi connectivity index (χ0v) is 11.5. The van der Waals surface area contributed by atoms with Crippen molar-refractivity contribution in [3.8, 4) is 11.4 Å². The van der Waals surface area contributed by atoms with Crippen LogP contribution in [0.4, 0.5) is 0 Å². The van der Waals surface area contributed by atoms with E-state index in [2.05, 4.69) is 15.1 Å². The van der Waals surface area contributed by atoms with E-state index in [0.717, 1.165) is 11.1 Å². The molecule has 2 aromatic heterocycles. The summed E-state index contributed by atoms with van der Waals surface area (Å²) in [5.41, 5.74) is 8.37. The number of hydrogen-bond donors (Lipinski definition) is 1. The van der Waals surface area contributed by atoms with Crippen LogP contribution in [0.3, 0.4) is 0 Å². The van der Waals surface area contributed by atoms with Crippen LogP contribution >= 0.6 is 0 Å². The van der Waals surface area contributed by atoms with Crippen LogP contribution in [-0.4, -0.2) is 21.2 Å². The van der Waals surface area contributed by atoms with Crippen LogP contribution in [0.2, 0.25) is 0 Å². The molecular weight excluding hydrogens is 252 g/mol. The van der Waals surface area contributed by atoms with Gasteiger partial charge in [-0.3, -0.25) is 4.98 Å². The number of nitrogens with zero attached hydrogens (tertiary/aromatic N) is 3. The van der Waals surface area contributed by atoms with Crippen molar-refractivity contribution in [3.63, 3.8) is 0 Å². The lowest BCUT2D eigenvalue weighted by Gasteiger charge is -2.24. The highest BCUT2D eigenvalue weighted by molar-refractivity contribution is 5.57. The van der Waals surface area contributed by atoms with Gasteiger partial charge in [-0.05, 0) is 49.7 Å². The van der Waals surface area contributed by atoms with Crippen molar-refractivity contribution < 1.29 is 4.52 Å². The fourth-order valence-electron chi connectivity index (χ4n) is 3.88. The Balaban J connectivity index is 1.68. The van der Waals surface area contributed by atoms with Crippen LogP contribution in [-0.2, 0) is 0 Å². The van der Waals surface area contributed by atoms with Crippen LogP contribution in [0.5, 0.6) is 0 Å². The van der Waals surface area contributed by atoms with Gasteiger partial charge in [0.1, 0.15) is 0 Å². The molecule has 4 rings (SSSR count). The molecule has 2 aliphatic carbocycles. The topological polar surface area (TPSA) is 77.8 Å². The van der Waals surface area contributed by atoms with Crippen molar-refractivity contribution in [2.75, 3.05) is 0 Å². The molecule has 2 bridgehead atoms. The molecule has 0 amide bonds. The smallest absolute Gasteiger partial charge is 0.231 e. The van der Waals surface area contributed by atoms with Gasteiger partial charge in [-0.2, -0.15) is 4.98 Å². The highest BCUT2D eigenvalue weighted by Gasteiger charge is 2.48. The molecule has 104 valence electrons. The summed E-state index contributed by atoms with van der Waals surface area (Å²) in [7, 11) is 0. The van der Waals surface area contributed by atoms with Crippen molar-refractivity contribution >= 4 is 0 Å². The Hall–Kier alpha value is -1.75. The Morgan fingerprint density at radius 3 is 2.90 bits per heavy atom. The molecule has 0 spiro atoms. The summed E-state index contributed by atoms with van der Waals surface area (Å²) in [5.74, 6) is 2.84. The van der Waals surface area contributed by atoms with Gasteiger partial charge < -0.3 is 10.3 Å². The Bertz CT molecular complexity index is 636. The van der Waals surface area contributed by atoms with Gasteiger partial charge in [0.25, 0.3) is 0 Å². The quantitative estimate of drug-likeness (QED) is 0.905. The molecule has 20 heavy (non-hydrogen) atoms. The van der Waals surface area contributed by atoms with Crippen molar-refractivity contribution in [2.24, 2.45) is 17.6 Å². The van der Waals surface area contributed by atoms with Crippen LogP contribution in [0.25, 0.3) is 11.4 Å². The second-order valence-corrected chi connectivity index (χ2v) is 6.08. The molecule has 2 N–H and O–H groups in total. The first-order valence-corrected chi connectivity index (χ1v) is 7.24. The molecule has 5 nitrogen and oxygen atoms in total. The minimum atomic E-state index is 0.178. The van der Waals surface area contributed by atoms with E-state index < -0.39 is 0 Å². The summed E-state index contributed by atoms with van der Waals surface area (Å²) < 4.78 is 5.51. The van der Waals surface area contributed by atoms with Crippen molar-refractivity contribution in [1.82, 2.24) is 15.1 Å². The Labute approximate surface area is 117 Å². The van der Waals surface area contributed by atoms with E-state index in [1.165, 1.54) is 19.3 Å². The molecular formula is C15H18N4O. The van der Waals surface area contributed by atoms with Crippen LogP contribution in [0, 0.1) is 18.8 Å². The van der Waals surface area contributed by atoms with Gasteiger partial charge >= 0.3 is 0 Å². The molecule has 2 heterocycles. The number of aromatic nitrogens is 3. The van der Waals surface area contributed by atoms with Crippen LogP contribution in [0.1, 0.15) is 36.6 Å². The second-order valence-electron chi connectivity index (χ2n) is 6.08. The van der Waals surface area contributed by atoms with E-state index in [4.69, 9.17) is 10.3 Å². The molecule has 2 fully saturated rings. The van der Waals surface area contributed by atoms with Crippen molar-refractivity contribution in [2.45, 2.75) is 38.1 Å². The van der Waals surface area contributed by atoms with Gasteiger partial charge in [0.05, 0.1) is 5.92 Å². The van der Waals surface area contributed by atoms with E-state index in [1.807, 2.05) is 13.0 Å². The maximum atomic E-state index is 6.33. The highest BCUT2D eigenvalue weighted by atomic mass is 16.5. The molecule has 0 aromatic carbocycles. The SMILES string of the molecule is Cc1ccncc1-c1noc(C2C3CCC(C3)C2N)n1. The van der Waals surface area contributed by atoms with Crippen molar-refractivity contribution in [1.29, 1.82) is 0 Å². The summed E-state index contributed by atoms with van der Waals surface area (Å²) >= 11 is 0. The number of aryl methyl sites for hydroxylation is 1. The summed E-state index contributed by atoms with van der Waals surface area (Å²) in [5, 5.41) is 4.13. The van der Waals surface area contributed by atoms with E-state index in [9.17, 15) is 0 Å². The average Bonchev–Trinajstić information content (AvgIpc) is 3.14. The van der Waals surface area contributed by atoms with Gasteiger partial charge in [0.2, 0.25) is 11.7 Å². The third kappa shape index (κ3) is 1.69. The number of hydrogen-bond acceptors (Lipinski definition) is 5. The van der Waals surface area contributed by atoms with Gasteiger partial charge in [0, 0.05) is 24.0 Å². The van der Waals surface area contributed by atoms with E-state index >= 15 is 0 Å². The molecule has 2 aliphatic rings. The summed E-state index contributed by atoms with van der Waals surface area (Å²) in [6.45, 7) is 2.02. The average molecular weight is 270 g/mol. The monoisotopic (exact) mass is 270 g/mol. The fourth-order valence-corrected chi connectivity index (χ4v) is 3.88. The molecule has 0 aliphatic heterocycles. The third-order valence-corrected chi connectivity index (χ3v) is 4.99.